The number of ether oxygens (including phenoxy) is 1. The Balaban J connectivity index is 2.23. The molecule has 0 amide bonds. The van der Waals surface area contributed by atoms with Crippen LogP contribution in [0.4, 0.5) is 5.69 Å². The molecule has 1 aliphatic heterocycles. The lowest BCUT2D eigenvalue weighted by Crippen LogP contribution is -2.34. The first-order valence-corrected chi connectivity index (χ1v) is 5.19. The summed E-state index contributed by atoms with van der Waals surface area (Å²) in [5.41, 5.74) is 1.73. The van der Waals surface area contributed by atoms with Crippen LogP contribution in [0.5, 0.6) is 5.75 Å². The molecule has 0 aliphatic carbocycles. The molecule has 2 N–H and O–H groups in total. The molecule has 0 bridgehead atoms. The van der Waals surface area contributed by atoms with Crippen LogP contribution in [-0.2, 0) is 11.2 Å². The van der Waals surface area contributed by atoms with Gasteiger partial charge in [-0.15, -0.1) is 0 Å². The first-order valence-electron chi connectivity index (χ1n) is 5.19. The van der Waals surface area contributed by atoms with Gasteiger partial charge in [0.15, 0.2) is 0 Å². The van der Waals surface area contributed by atoms with E-state index in [1.807, 2.05) is 25.1 Å². The molecule has 2 rings (SSSR count). The third kappa shape index (κ3) is 1.96. The van der Waals surface area contributed by atoms with Crippen molar-refractivity contribution >= 4 is 11.7 Å². The van der Waals surface area contributed by atoms with Crippen molar-refractivity contribution in [3.05, 3.63) is 23.8 Å². The summed E-state index contributed by atoms with van der Waals surface area (Å²) in [6, 6.07) is 5.76. The number of benzene rings is 1. The molecule has 1 heterocycles. The maximum absolute atomic E-state index is 10.8. The number of anilines is 1. The van der Waals surface area contributed by atoms with Crippen LogP contribution in [0.1, 0.15) is 18.9 Å². The summed E-state index contributed by atoms with van der Waals surface area (Å²) in [5.74, 6) is 0.0231. The number of carboxylic acids is 1. The molecule has 86 valence electrons. The summed E-state index contributed by atoms with van der Waals surface area (Å²) in [4.78, 5) is 10.8. The number of aliphatic carboxylic acids is 1. The minimum atomic E-state index is -0.783. The molecule has 0 saturated carbocycles. The molecule has 1 aliphatic rings. The van der Waals surface area contributed by atoms with Gasteiger partial charge in [-0.25, -0.2) is 0 Å². The van der Waals surface area contributed by atoms with E-state index in [0.29, 0.717) is 6.42 Å². The van der Waals surface area contributed by atoms with Crippen molar-refractivity contribution in [3.8, 4) is 5.75 Å². The van der Waals surface area contributed by atoms with Crippen LogP contribution in [0.2, 0.25) is 0 Å². The van der Waals surface area contributed by atoms with Gasteiger partial charge in [0.25, 0.3) is 0 Å². The maximum atomic E-state index is 10.8. The normalized spacial score (nSPS) is 22.4. The standard InChI is InChI=1S/C12H15NO3/c1-12(7-11(14)15)6-8-5-9(16-2)3-4-10(8)13-12/h3-5,13H,6-7H2,1-2H3,(H,14,15). The number of nitrogens with one attached hydrogen (secondary N) is 1. The van der Waals surface area contributed by atoms with Gasteiger partial charge in [-0.2, -0.15) is 0 Å². The van der Waals surface area contributed by atoms with Crippen molar-refractivity contribution in [1.29, 1.82) is 0 Å². The van der Waals surface area contributed by atoms with Gasteiger partial charge >= 0.3 is 5.97 Å². The third-order valence-electron chi connectivity index (χ3n) is 2.87. The molecule has 0 radical (unpaired) electrons. The molecule has 1 aromatic carbocycles. The van der Waals surface area contributed by atoms with Gasteiger partial charge in [-0.3, -0.25) is 4.79 Å². The highest BCUT2D eigenvalue weighted by molar-refractivity contribution is 5.72. The minimum absolute atomic E-state index is 0.115. The Morgan fingerprint density at radius 3 is 3.00 bits per heavy atom. The van der Waals surface area contributed by atoms with E-state index in [1.54, 1.807) is 7.11 Å². The average molecular weight is 221 g/mol. The molecule has 0 fully saturated rings. The number of fused-ring (bicyclic) bond motifs is 1. The molecule has 4 heteroatoms. The molecule has 1 aromatic rings. The summed E-state index contributed by atoms with van der Waals surface area (Å²) in [7, 11) is 1.63. The van der Waals surface area contributed by atoms with Gasteiger partial charge in [-0.05, 0) is 37.1 Å². The Bertz CT molecular complexity index is 430. The third-order valence-corrected chi connectivity index (χ3v) is 2.87. The summed E-state index contributed by atoms with van der Waals surface area (Å²) < 4.78 is 5.14. The summed E-state index contributed by atoms with van der Waals surface area (Å²) in [5, 5.41) is 12.1. The fraction of sp³-hybridized carbons (Fsp3) is 0.417. The van der Waals surface area contributed by atoms with E-state index >= 15 is 0 Å². The molecule has 4 nitrogen and oxygen atoms in total. The second-order valence-corrected chi connectivity index (χ2v) is 4.46. The van der Waals surface area contributed by atoms with Crippen LogP contribution in [0.3, 0.4) is 0 Å². The lowest BCUT2D eigenvalue weighted by molar-refractivity contribution is -0.138. The zero-order valence-corrected chi connectivity index (χ0v) is 9.41. The van der Waals surface area contributed by atoms with Crippen molar-refractivity contribution < 1.29 is 14.6 Å². The lowest BCUT2D eigenvalue weighted by Gasteiger charge is -2.22. The lowest BCUT2D eigenvalue weighted by atomic mass is 9.94. The van der Waals surface area contributed by atoms with Crippen LogP contribution in [0.15, 0.2) is 18.2 Å². The zero-order valence-electron chi connectivity index (χ0n) is 9.41. The first kappa shape index (κ1) is 10.8. The number of carbonyl (C=O) groups is 1. The van der Waals surface area contributed by atoms with E-state index in [1.165, 1.54) is 0 Å². The van der Waals surface area contributed by atoms with Gasteiger partial charge in [0.2, 0.25) is 0 Å². The molecular weight excluding hydrogens is 206 g/mol. The van der Waals surface area contributed by atoms with Gasteiger partial charge < -0.3 is 15.2 Å². The molecule has 0 saturated heterocycles. The molecule has 16 heavy (non-hydrogen) atoms. The highest BCUT2D eigenvalue weighted by Gasteiger charge is 2.34. The summed E-state index contributed by atoms with van der Waals surface area (Å²) in [6.45, 7) is 1.92. The monoisotopic (exact) mass is 221 g/mol. The van der Waals surface area contributed by atoms with E-state index in [0.717, 1.165) is 17.0 Å². The predicted molar refractivity (Wildman–Crippen MR) is 61.0 cm³/mol. The minimum Gasteiger partial charge on any atom is -0.497 e. The SMILES string of the molecule is COc1ccc2c(c1)CC(C)(CC(=O)O)N2. The van der Waals surface area contributed by atoms with Crippen LogP contribution in [-0.4, -0.2) is 23.7 Å². The number of carboxylic acid groups (broad SMARTS) is 1. The smallest absolute Gasteiger partial charge is 0.305 e. The Morgan fingerprint density at radius 2 is 2.38 bits per heavy atom. The Kier molecular flexibility index (Phi) is 2.50. The fourth-order valence-corrected chi connectivity index (χ4v) is 2.20. The number of rotatable bonds is 3. The molecular formula is C12H15NO3. The number of hydrogen-bond acceptors (Lipinski definition) is 3. The molecule has 0 spiro atoms. The number of methoxy groups -OCH3 is 1. The largest absolute Gasteiger partial charge is 0.497 e. The van der Waals surface area contributed by atoms with Crippen LogP contribution in [0.25, 0.3) is 0 Å². The summed E-state index contributed by atoms with van der Waals surface area (Å²) in [6.07, 6.45) is 0.829. The second-order valence-electron chi connectivity index (χ2n) is 4.46. The van der Waals surface area contributed by atoms with Crippen molar-refractivity contribution in [1.82, 2.24) is 0 Å². The topological polar surface area (TPSA) is 58.6 Å². The van der Waals surface area contributed by atoms with Gasteiger partial charge in [-0.1, -0.05) is 0 Å². The van der Waals surface area contributed by atoms with E-state index in [4.69, 9.17) is 9.84 Å². The molecule has 0 aromatic heterocycles. The van der Waals surface area contributed by atoms with Gasteiger partial charge in [0.1, 0.15) is 5.75 Å². The Morgan fingerprint density at radius 1 is 1.62 bits per heavy atom. The fourth-order valence-electron chi connectivity index (χ4n) is 2.20. The predicted octanol–water partition coefficient (Wildman–Crippen LogP) is 1.90. The molecule has 1 atom stereocenters. The summed E-state index contributed by atoms with van der Waals surface area (Å²) >= 11 is 0. The van der Waals surface area contributed by atoms with Crippen molar-refractivity contribution in [2.45, 2.75) is 25.3 Å². The zero-order chi connectivity index (χ0) is 11.8. The maximum Gasteiger partial charge on any atom is 0.305 e. The van der Waals surface area contributed by atoms with Crippen LogP contribution in [0, 0.1) is 0 Å². The van der Waals surface area contributed by atoms with Crippen LogP contribution < -0.4 is 10.1 Å². The molecule has 1 unspecified atom stereocenters. The van der Waals surface area contributed by atoms with Gasteiger partial charge in [0.05, 0.1) is 13.5 Å². The second kappa shape index (κ2) is 3.70. The van der Waals surface area contributed by atoms with E-state index in [9.17, 15) is 4.79 Å². The van der Waals surface area contributed by atoms with Crippen molar-refractivity contribution in [2.75, 3.05) is 12.4 Å². The highest BCUT2D eigenvalue weighted by Crippen LogP contribution is 2.36. The first-order chi connectivity index (χ1) is 7.52. The quantitative estimate of drug-likeness (QED) is 0.818. The van der Waals surface area contributed by atoms with Gasteiger partial charge in [0, 0.05) is 11.2 Å². The van der Waals surface area contributed by atoms with Crippen molar-refractivity contribution in [2.24, 2.45) is 0 Å². The van der Waals surface area contributed by atoms with E-state index < -0.39 is 5.97 Å². The Hall–Kier alpha value is -1.71. The van der Waals surface area contributed by atoms with E-state index in [-0.39, 0.29) is 12.0 Å². The van der Waals surface area contributed by atoms with E-state index in [2.05, 4.69) is 5.32 Å². The highest BCUT2D eigenvalue weighted by atomic mass is 16.5. The number of hydrogen-bond donors (Lipinski definition) is 2. The Labute approximate surface area is 94.2 Å². The van der Waals surface area contributed by atoms with Crippen LogP contribution >= 0.6 is 0 Å². The van der Waals surface area contributed by atoms with Crippen molar-refractivity contribution in [3.63, 3.8) is 0 Å². The average Bonchev–Trinajstić information content (AvgIpc) is 2.50.